The third-order valence-electron chi connectivity index (χ3n) is 3.87. The second kappa shape index (κ2) is 7.77. The fourth-order valence-electron chi connectivity index (χ4n) is 2.71. The number of rotatable bonds is 2. The molecule has 0 bridgehead atoms. The van der Waals surface area contributed by atoms with E-state index in [0.717, 1.165) is 16.7 Å². The van der Waals surface area contributed by atoms with Crippen LogP contribution in [0.4, 0.5) is 0 Å². The van der Waals surface area contributed by atoms with Gasteiger partial charge in [-0.05, 0) is 37.5 Å². The Bertz CT molecular complexity index is 627. The lowest BCUT2D eigenvalue weighted by Crippen LogP contribution is -2.43. The van der Waals surface area contributed by atoms with Crippen LogP contribution < -0.4 is 5.73 Å². The summed E-state index contributed by atoms with van der Waals surface area (Å²) < 4.78 is 0. The maximum absolute atomic E-state index is 9.65. The van der Waals surface area contributed by atoms with Gasteiger partial charge in [0.2, 0.25) is 0 Å². The summed E-state index contributed by atoms with van der Waals surface area (Å²) in [5.74, 6) is -0.0844. The first-order valence-electron chi connectivity index (χ1n) is 7.85. The van der Waals surface area contributed by atoms with Crippen molar-refractivity contribution in [2.24, 2.45) is 11.7 Å². The highest BCUT2D eigenvalue weighted by Gasteiger charge is 2.44. The number of hydrogen-bond acceptors (Lipinski definition) is 2. The Morgan fingerprint density at radius 1 is 1.18 bits per heavy atom. The Morgan fingerprint density at radius 3 is 2.23 bits per heavy atom. The second-order valence-electron chi connectivity index (χ2n) is 5.20. The fourth-order valence-corrected chi connectivity index (χ4v) is 2.71. The quantitative estimate of drug-likeness (QED) is 0.798. The molecule has 1 aliphatic rings. The molecule has 0 fully saturated rings. The number of nitrogens with zero attached hydrogens (tertiary/aromatic N) is 1. The SMILES string of the molecule is C/C=C\C1/C(=C\C)C=C(c2ccc(C)cc2)C1(N)C#N.CC. The molecule has 0 aliphatic heterocycles. The largest absolute Gasteiger partial charge is 0.309 e. The van der Waals surface area contributed by atoms with Crippen molar-refractivity contribution in [3.63, 3.8) is 0 Å². The summed E-state index contributed by atoms with van der Waals surface area (Å²) in [6, 6.07) is 10.5. The van der Waals surface area contributed by atoms with Gasteiger partial charge in [0.1, 0.15) is 5.54 Å². The first kappa shape index (κ1) is 17.9. The van der Waals surface area contributed by atoms with Gasteiger partial charge in [-0.2, -0.15) is 5.26 Å². The molecule has 0 saturated heterocycles. The van der Waals surface area contributed by atoms with Crippen LogP contribution in [0.2, 0.25) is 0 Å². The molecule has 0 spiro atoms. The van der Waals surface area contributed by atoms with Crippen molar-refractivity contribution in [1.29, 1.82) is 5.26 Å². The average Bonchev–Trinajstić information content (AvgIpc) is 2.84. The summed E-state index contributed by atoms with van der Waals surface area (Å²) in [4.78, 5) is 0. The van der Waals surface area contributed by atoms with Crippen LogP contribution in [0.1, 0.15) is 38.8 Å². The normalized spacial score (nSPS) is 25.6. The number of allylic oxidation sites excluding steroid dienone is 3. The first-order valence-corrected chi connectivity index (χ1v) is 7.85. The van der Waals surface area contributed by atoms with Crippen LogP contribution in [0, 0.1) is 24.2 Å². The molecule has 0 heterocycles. The summed E-state index contributed by atoms with van der Waals surface area (Å²) in [5, 5.41) is 9.65. The molecule has 1 aromatic rings. The van der Waals surface area contributed by atoms with Crippen LogP contribution in [0.5, 0.6) is 0 Å². The Morgan fingerprint density at radius 2 is 1.77 bits per heavy atom. The van der Waals surface area contributed by atoms with Gasteiger partial charge in [-0.3, -0.25) is 0 Å². The van der Waals surface area contributed by atoms with Crippen LogP contribution in [-0.2, 0) is 0 Å². The molecule has 116 valence electrons. The fraction of sp³-hybridized carbons (Fsp3) is 0.350. The Balaban J connectivity index is 0.00000116. The van der Waals surface area contributed by atoms with E-state index in [1.165, 1.54) is 5.56 Å². The van der Waals surface area contributed by atoms with E-state index in [0.29, 0.717) is 0 Å². The molecule has 2 heteroatoms. The van der Waals surface area contributed by atoms with Crippen LogP contribution in [0.15, 0.2) is 54.1 Å². The summed E-state index contributed by atoms with van der Waals surface area (Å²) >= 11 is 0. The van der Waals surface area contributed by atoms with Crippen LogP contribution in [-0.4, -0.2) is 5.54 Å². The molecular formula is C20H26N2. The van der Waals surface area contributed by atoms with E-state index in [2.05, 4.69) is 12.1 Å². The Hall–Kier alpha value is -2.11. The molecule has 2 rings (SSSR count). The van der Waals surface area contributed by atoms with Crippen molar-refractivity contribution >= 4 is 5.57 Å². The highest BCUT2D eigenvalue weighted by atomic mass is 14.8. The lowest BCUT2D eigenvalue weighted by Gasteiger charge is -2.26. The smallest absolute Gasteiger partial charge is 0.140 e. The molecule has 2 atom stereocenters. The molecule has 1 aromatic carbocycles. The predicted molar refractivity (Wildman–Crippen MR) is 95.1 cm³/mol. The Kier molecular flexibility index (Phi) is 6.34. The van der Waals surface area contributed by atoms with Crippen LogP contribution in [0.25, 0.3) is 5.57 Å². The van der Waals surface area contributed by atoms with Gasteiger partial charge in [-0.1, -0.05) is 68.0 Å². The van der Waals surface area contributed by atoms with Gasteiger partial charge in [0.25, 0.3) is 0 Å². The molecule has 2 N–H and O–H groups in total. The highest BCUT2D eigenvalue weighted by molar-refractivity contribution is 5.83. The van der Waals surface area contributed by atoms with Gasteiger partial charge in [0.05, 0.1) is 6.07 Å². The van der Waals surface area contributed by atoms with Gasteiger partial charge in [-0.25, -0.2) is 0 Å². The summed E-state index contributed by atoms with van der Waals surface area (Å²) in [6.45, 7) is 9.99. The summed E-state index contributed by atoms with van der Waals surface area (Å²) in [6.07, 6.45) is 8.05. The van der Waals surface area contributed by atoms with Gasteiger partial charge in [-0.15, -0.1) is 0 Å². The number of nitriles is 1. The topological polar surface area (TPSA) is 49.8 Å². The van der Waals surface area contributed by atoms with E-state index in [-0.39, 0.29) is 5.92 Å². The van der Waals surface area contributed by atoms with Crippen molar-refractivity contribution < 1.29 is 0 Å². The first-order chi connectivity index (χ1) is 10.6. The van der Waals surface area contributed by atoms with Crippen molar-refractivity contribution in [1.82, 2.24) is 0 Å². The minimum atomic E-state index is -0.996. The maximum atomic E-state index is 9.65. The average molecular weight is 294 g/mol. The molecule has 0 aromatic heterocycles. The zero-order valence-corrected chi connectivity index (χ0v) is 14.2. The molecule has 0 amide bonds. The zero-order valence-electron chi connectivity index (χ0n) is 14.2. The van der Waals surface area contributed by atoms with Crippen molar-refractivity contribution in [3.8, 4) is 6.07 Å². The molecule has 0 saturated carbocycles. The van der Waals surface area contributed by atoms with Crippen LogP contribution in [0.3, 0.4) is 0 Å². The third-order valence-corrected chi connectivity index (χ3v) is 3.87. The lowest BCUT2D eigenvalue weighted by atomic mass is 9.80. The van der Waals surface area contributed by atoms with Crippen molar-refractivity contribution in [2.75, 3.05) is 0 Å². The minimum absolute atomic E-state index is 0.0844. The standard InChI is InChI=1S/C18H20N2.C2H6/c1-4-6-16-14(5-2)11-17(18(16,20)12-19)15-9-7-13(3)8-10-15;1-2/h4-11,16H,20H2,1-3H3;1-2H3/b6-4-,14-5-;. The summed E-state index contributed by atoms with van der Waals surface area (Å²) in [5.41, 5.74) is 9.67. The van der Waals surface area contributed by atoms with E-state index in [1.807, 2.05) is 77.1 Å². The number of nitrogens with two attached hydrogens (primary N) is 1. The summed E-state index contributed by atoms with van der Waals surface area (Å²) in [7, 11) is 0. The second-order valence-corrected chi connectivity index (χ2v) is 5.20. The lowest BCUT2D eigenvalue weighted by molar-refractivity contribution is 0.590. The van der Waals surface area contributed by atoms with E-state index in [9.17, 15) is 5.26 Å². The predicted octanol–water partition coefficient (Wildman–Crippen LogP) is 4.78. The molecule has 22 heavy (non-hydrogen) atoms. The zero-order chi connectivity index (χ0) is 16.8. The molecule has 2 unspecified atom stereocenters. The van der Waals surface area contributed by atoms with Crippen LogP contribution >= 0.6 is 0 Å². The molecule has 0 radical (unpaired) electrons. The maximum Gasteiger partial charge on any atom is 0.140 e. The van der Waals surface area contributed by atoms with Gasteiger partial charge >= 0.3 is 0 Å². The van der Waals surface area contributed by atoms with E-state index < -0.39 is 5.54 Å². The molecule has 2 nitrogen and oxygen atoms in total. The third kappa shape index (κ3) is 3.21. The van der Waals surface area contributed by atoms with Gasteiger partial charge < -0.3 is 5.73 Å². The van der Waals surface area contributed by atoms with Gasteiger partial charge in [0, 0.05) is 5.92 Å². The van der Waals surface area contributed by atoms with Gasteiger partial charge in [0.15, 0.2) is 0 Å². The van der Waals surface area contributed by atoms with E-state index in [4.69, 9.17) is 5.73 Å². The number of benzene rings is 1. The molecule has 1 aliphatic carbocycles. The highest BCUT2D eigenvalue weighted by Crippen LogP contribution is 2.43. The minimum Gasteiger partial charge on any atom is -0.309 e. The van der Waals surface area contributed by atoms with E-state index in [1.54, 1.807) is 0 Å². The van der Waals surface area contributed by atoms with Crippen molar-refractivity contribution in [3.05, 3.63) is 65.3 Å². The van der Waals surface area contributed by atoms with Crippen molar-refractivity contribution in [2.45, 2.75) is 40.2 Å². The number of hydrogen-bond donors (Lipinski definition) is 1. The van der Waals surface area contributed by atoms with E-state index >= 15 is 0 Å². The number of aryl methyl sites for hydroxylation is 1. The molecular weight excluding hydrogens is 268 g/mol. The monoisotopic (exact) mass is 294 g/mol. The Labute approximate surface area is 134 Å².